The summed E-state index contributed by atoms with van der Waals surface area (Å²) in [6.45, 7) is 11.0. The summed E-state index contributed by atoms with van der Waals surface area (Å²) in [6, 6.07) is 0. The third kappa shape index (κ3) is 64.6. The molecule has 0 nitrogen and oxygen atoms in total. The van der Waals surface area contributed by atoms with E-state index in [1.165, 1.54) is 16.7 Å². The topological polar surface area (TPSA) is 0 Å². The first-order valence-corrected chi connectivity index (χ1v) is 5.16. The summed E-state index contributed by atoms with van der Waals surface area (Å²) in [5.74, 6) is 0.833. The van der Waals surface area contributed by atoms with Crippen molar-refractivity contribution in [1.29, 1.82) is 0 Å². The minimum atomic E-state index is 0.833. The minimum absolute atomic E-state index is 0.833. The van der Waals surface area contributed by atoms with Gasteiger partial charge < -0.3 is 0 Å². The molecule has 0 spiro atoms. The van der Waals surface area contributed by atoms with E-state index in [2.05, 4.69) is 34.6 Å². The van der Waals surface area contributed by atoms with Crippen LogP contribution in [0.1, 0.15) is 41.0 Å². The summed E-state index contributed by atoms with van der Waals surface area (Å²) in [4.78, 5) is 0. The molecule has 0 bridgehead atoms. The summed E-state index contributed by atoms with van der Waals surface area (Å²) in [6.07, 6.45) is 1.37. The molecule has 0 heterocycles. The van der Waals surface area contributed by atoms with Gasteiger partial charge in [0.2, 0.25) is 0 Å². The molecule has 0 aromatic rings. The van der Waals surface area contributed by atoms with Gasteiger partial charge in [0.1, 0.15) is 0 Å². The third-order valence-electron chi connectivity index (χ3n) is 0.816. The highest BCUT2D eigenvalue weighted by molar-refractivity contribution is 6.11. The van der Waals surface area contributed by atoms with Crippen LogP contribution < -0.4 is 0 Å². The maximum Gasteiger partial charge on any atom is 0.00636 e. The van der Waals surface area contributed by atoms with Crippen LogP contribution >= 0.6 is 0 Å². The van der Waals surface area contributed by atoms with Crippen molar-refractivity contribution in [2.75, 3.05) is 0 Å². The summed E-state index contributed by atoms with van der Waals surface area (Å²) < 4.78 is 0. The Hall–Kier alpha value is 0.217. The van der Waals surface area contributed by atoms with E-state index in [9.17, 15) is 0 Å². The Balaban J connectivity index is 0. The Morgan fingerprint density at radius 1 is 1.11 bits per heavy atom. The van der Waals surface area contributed by atoms with Gasteiger partial charge in [0.15, 0.2) is 0 Å². The molecule has 0 aromatic heterocycles. The molecule has 0 radical (unpaired) electrons. The Bertz CT molecular complexity index is 37.1. The third-order valence-corrected chi connectivity index (χ3v) is 1.63. The van der Waals surface area contributed by atoms with Crippen molar-refractivity contribution < 1.29 is 0 Å². The fourth-order valence-corrected chi connectivity index (χ4v) is 0. The fraction of sp³-hybridized carbons (Fsp3) is 1.00. The predicted octanol–water partition coefficient (Wildman–Crippen LogP) is 2.23. The van der Waals surface area contributed by atoms with Gasteiger partial charge in [-0.25, -0.2) is 0 Å². The van der Waals surface area contributed by atoms with Crippen molar-refractivity contribution in [2.24, 2.45) is 5.92 Å². The van der Waals surface area contributed by atoms with Gasteiger partial charge in [-0.2, -0.15) is 0 Å². The zero-order valence-electron chi connectivity index (χ0n) is 7.86. The predicted molar refractivity (Wildman–Crippen MR) is 50.2 cm³/mol. The van der Waals surface area contributed by atoms with Crippen molar-refractivity contribution in [2.45, 2.75) is 46.6 Å². The Morgan fingerprint density at radius 3 is 1.22 bits per heavy atom. The molecule has 0 rings (SSSR count). The van der Waals surface area contributed by atoms with Crippen LogP contribution in [0.2, 0.25) is 5.54 Å². The lowest BCUT2D eigenvalue weighted by Crippen LogP contribution is -1.76. The molecular formula is C8H22Si. The number of hydrogen-bond acceptors (Lipinski definition) is 0. The molecule has 0 aromatic carbocycles. The van der Waals surface area contributed by atoms with Gasteiger partial charge in [-0.3, -0.25) is 0 Å². The second-order valence-corrected chi connectivity index (χ2v) is 5.51. The maximum absolute atomic E-state index is 2.28. The lowest BCUT2D eigenvalue weighted by atomic mass is 10.3. The van der Waals surface area contributed by atoms with E-state index in [4.69, 9.17) is 0 Å². The Kier molecular flexibility index (Phi) is 10.9. The van der Waals surface area contributed by atoms with Crippen molar-refractivity contribution >= 4 is 10.2 Å². The first-order valence-electron chi connectivity index (χ1n) is 4.00. The number of hydrogen-bond donors (Lipinski definition) is 0. The van der Waals surface area contributed by atoms with Crippen molar-refractivity contribution in [1.82, 2.24) is 0 Å². The van der Waals surface area contributed by atoms with Crippen LogP contribution in [0.25, 0.3) is 0 Å². The lowest BCUT2D eigenvalue weighted by Gasteiger charge is -1.90. The highest BCUT2D eigenvalue weighted by Crippen LogP contribution is 1.97. The molecule has 0 amide bonds. The first kappa shape index (κ1) is 11.9. The summed E-state index contributed by atoms with van der Waals surface area (Å²) in [5, 5.41) is 0. The van der Waals surface area contributed by atoms with Gasteiger partial charge in [-0.1, -0.05) is 46.6 Å². The monoisotopic (exact) mass is 146 g/mol. The first-order chi connectivity index (χ1) is 4.00. The quantitative estimate of drug-likeness (QED) is 0.498. The zero-order chi connectivity index (χ0) is 7.86. The average Bonchev–Trinajstić information content (AvgIpc) is 1.65. The van der Waals surface area contributed by atoms with Crippen LogP contribution in [0, 0.1) is 5.92 Å². The smallest absolute Gasteiger partial charge is 0.00636 e. The van der Waals surface area contributed by atoms with E-state index in [1.807, 2.05) is 0 Å². The summed E-state index contributed by atoms with van der Waals surface area (Å²) in [7, 11) is 1.37. The standard InChI is InChI=1S/C4H12Si.C4H10/c1-3-4(2)5;1-4(2)3/h4H,3H2,1-2,5H3;4H,1-3H3. The highest BCUT2D eigenvalue weighted by atomic mass is 28.1. The van der Waals surface area contributed by atoms with Gasteiger partial charge in [0.05, 0.1) is 0 Å². The molecule has 0 aliphatic heterocycles. The van der Waals surface area contributed by atoms with Gasteiger partial charge >= 0.3 is 0 Å². The average molecular weight is 146 g/mol. The van der Waals surface area contributed by atoms with E-state index in [-0.39, 0.29) is 0 Å². The van der Waals surface area contributed by atoms with Gasteiger partial charge in [0, 0.05) is 10.2 Å². The van der Waals surface area contributed by atoms with Crippen LogP contribution in [0.3, 0.4) is 0 Å². The van der Waals surface area contributed by atoms with Crippen molar-refractivity contribution in [3.63, 3.8) is 0 Å². The molecule has 0 aliphatic rings. The maximum atomic E-state index is 2.28. The van der Waals surface area contributed by atoms with Crippen molar-refractivity contribution in [3.8, 4) is 0 Å². The highest BCUT2D eigenvalue weighted by Gasteiger charge is 1.80. The summed E-state index contributed by atoms with van der Waals surface area (Å²) >= 11 is 0. The largest absolute Gasteiger partial charge is 0.0658 e. The molecule has 1 heteroatoms. The molecule has 58 valence electrons. The van der Waals surface area contributed by atoms with Gasteiger partial charge in [-0.15, -0.1) is 0 Å². The van der Waals surface area contributed by atoms with Gasteiger partial charge in [-0.05, 0) is 5.92 Å². The van der Waals surface area contributed by atoms with E-state index in [0.29, 0.717) is 0 Å². The lowest BCUT2D eigenvalue weighted by molar-refractivity contribution is 0.737. The summed E-state index contributed by atoms with van der Waals surface area (Å²) in [5.41, 5.74) is 1.02. The fourth-order valence-electron chi connectivity index (χ4n) is 0. The molecule has 0 aliphatic carbocycles. The van der Waals surface area contributed by atoms with Crippen LogP contribution in [0.4, 0.5) is 0 Å². The molecule has 1 atom stereocenters. The van der Waals surface area contributed by atoms with Crippen LogP contribution in [0.15, 0.2) is 0 Å². The van der Waals surface area contributed by atoms with Crippen LogP contribution in [0.5, 0.6) is 0 Å². The second kappa shape index (κ2) is 8.22. The molecule has 9 heavy (non-hydrogen) atoms. The van der Waals surface area contributed by atoms with E-state index in [0.717, 1.165) is 11.5 Å². The molecule has 0 saturated heterocycles. The SMILES string of the molecule is CC(C)C.CCC(C)[SiH3]. The minimum Gasteiger partial charge on any atom is -0.0658 e. The Morgan fingerprint density at radius 2 is 1.22 bits per heavy atom. The molecule has 0 saturated carbocycles. The zero-order valence-corrected chi connectivity index (χ0v) is 9.86. The Labute approximate surface area is 63.5 Å². The van der Waals surface area contributed by atoms with Crippen LogP contribution in [-0.4, -0.2) is 10.2 Å². The van der Waals surface area contributed by atoms with Gasteiger partial charge in [0.25, 0.3) is 0 Å². The second-order valence-electron chi connectivity index (χ2n) is 3.53. The normalized spacial score (nSPS) is 12.7. The molecular weight excluding hydrogens is 124 g/mol. The van der Waals surface area contributed by atoms with E-state index < -0.39 is 0 Å². The van der Waals surface area contributed by atoms with Crippen LogP contribution in [-0.2, 0) is 0 Å². The van der Waals surface area contributed by atoms with E-state index in [1.54, 1.807) is 0 Å². The number of rotatable bonds is 1. The van der Waals surface area contributed by atoms with Crippen molar-refractivity contribution in [3.05, 3.63) is 0 Å². The molecule has 1 unspecified atom stereocenters. The van der Waals surface area contributed by atoms with E-state index >= 15 is 0 Å². The molecule has 0 N–H and O–H groups in total. The molecule has 0 fully saturated rings.